The number of hydrogen-bond acceptors (Lipinski definition) is 4. The molecule has 0 atom stereocenters. The molecule has 0 aliphatic rings. The van der Waals surface area contributed by atoms with E-state index in [1.807, 2.05) is 41.5 Å². The number of rotatable bonds is 7. The van der Waals surface area contributed by atoms with Crippen molar-refractivity contribution in [1.82, 2.24) is 19.7 Å². The van der Waals surface area contributed by atoms with E-state index >= 15 is 0 Å². The minimum Gasteiger partial charge on any atom is -0.493 e. The third-order valence-electron chi connectivity index (χ3n) is 5.13. The van der Waals surface area contributed by atoms with Crippen molar-refractivity contribution in [3.63, 3.8) is 0 Å². The second kappa shape index (κ2) is 7.99. The Labute approximate surface area is 170 Å². The third kappa shape index (κ3) is 3.83. The first-order valence-electron chi connectivity index (χ1n) is 9.81. The van der Waals surface area contributed by atoms with E-state index in [4.69, 9.17) is 9.47 Å². The van der Waals surface area contributed by atoms with Crippen LogP contribution in [0.15, 0.2) is 49.1 Å². The van der Waals surface area contributed by atoms with Gasteiger partial charge in [0.25, 0.3) is 0 Å². The molecule has 1 aromatic carbocycles. The van der Waals surface area contributed by atoms with Gasteiger partial charge in [-0.25, -0.2) is 4.98 Å². The topological polar surface area (TPSA) is 65.0 Å². The first-order valence-corrected chi connectivity index (χ1v) is 9.81. The Balaban J connectivity index is 1.70. The zero-order chi connectivity index (χ0) is 20.4. The summed E-state index contributed by atoms with van der Waals surface area (Å²) < 4.78 is 12.8. The van der Waals surface area contributed by atoms with Gasteiger partial charge >= 0.3 is 0 Å². The fourth-order valence-corrected chi connectivity index (χ4v) is 3.43. The molecule has 0 spiro atoms. The minimum atomic E-state index is 0.656. The lowest BCUT2D eigenvalue weighted by Gasteiger charge is -2.09. The van der Waals surface area contributed by atoms with Crippen LogP contribution in [0.5, 0.6) is 11.5 Å². The van der Waals surface area contributed by atoms with Crippen LogP contribution in [0.2, 0.25) is 0 Å². The van der Waals surface area contributed by atoms with E-state index < -0.39 is 0 Å². The summed E-state index contributed by atoms with van der Waals surface area (Å²) in [5, 5.41) is 5.60. The average Bonchev–Trinajstić information content (AvgIpc) is 3.37. The van der Waals surface area contributed by atoms with Crippen LogP contribution >= 0.6 is 0 Å². The molecule has 0 aliphatic carbocycles. The number of aryl methyl sites for hydroxylation is 1. The maximum absolute atomic E-state index is 5.44. The molecule has 29 heavy (non-hydrogen) atoms. The Morgan fingerprint density at radius 1 is 1.00 bits per heavy atom. The van der Waals surface area contributed by atoms with Crippen molar-refractivity contribution in [3.8, 4) is 33.8 Å². The summed E-state index contributed by atoms with van der Waals surface area (Å²) in [5.74, 6) is 2.07. The van der Waals surface area contributed by atoms with Crippen LogP contribution < -0.4 is 9.47 Å². The van der Waals surface area contributed by atoms with Crippen LogP contribution in [0.1, 0.15) is 20.3 Å². The SMILES string of the molecule is COc1ccc(-c2cnc3[nH]cc(-c4cnn(CCC(C)C)c4)c3c2)cc1OC. The summed E-state index contributed by atoms with van der Waals surface area (Å²) in [6.45, 7) is 5.38. The second-order valence-electron chi connectivity index (χ2n) is 7.57. The summed E-state index contributed by atoms with van der Waals surface area (Å²) in [6, 6.07) is 8.05. The standard InChI is InChI=1S/C23H26N4O2/c1-15(2)7-8-27-14-18(12-26-27)20-13-25-23-19(20)9-17(11-24-23)16-5-6-21(28-3)22(10-16)29-4/h5-6,9-15H,7-8H2,1-4H3,(H,24,25). The molecule has 0 bridgehead atoms. The van der Waals surface area contributed by atoms with Crippen LogP contribution in [-0.2, 0) is 6.54 Å². The molecule has 0 saturated carbocycles. The van der Waals surface area contributed by atoms with E-state index in [1.54, 1.807) is 14.2 Å². The highest BCUT2D eigenvalue weighted by Crippen LogP contribution is 2.35. The lowest BCUT2D eigenvalue weighted by molar-refractivity contribution is 0.355. The molecule has 150 valence electrons. The Morgan fingerprint density at radius 2 is 1.83 bits per heavy atom. The Kier molecular flexibility index (Phi) is 5.25. The zero-order valence-electron chi connectivity index (χ0n) is 17.3. The van der Waals surface area contributed by atoms with Gasteiger partial charge in [0.05, 0.1) is 20.4 Å². The quantitative estimate of drug-likeness (QED) is 0.473. The van der Waals surface area contributed by atoms with Gasteiger partial charge < -0.3 is 14.5 Å². The predicted molar refractivity (Wildman–Crippen MR) is 115 cm³/mol. The van der Waals surface area contributed by atoms with Crippen LogP contribution in [0.4, 0.5) is 0 Å². The third-order valence-corrected chi connectivity index (χ3v) is 5.13. The fraction of sp³-hybridized carbons (Fsp3) is 0.304. The Morgan fingerprint density at radius 3 is 2.59 bits per heavy atom. The summed E-state index contributed by atoms with van der Waals surface area (Å²) in [4.78, 5) is 7.89. The van der Waals surface area contributed by atoms with Gasteiger partial charge in [0.2, 0.25) is 0 Å². The smallest absolute Gasteiger partial charge is 0.161 e. The Hall–Kier alpha value is -3.28. The van der Waals surface area contributed by atoms with Gasteiger partial charge in [0, 0.05) is 47.2 Å². The van der Waals surface area contributed by atoms with Crippen molar-refractivity contribution < 1.29 is 9.47 Å². The lowest BCUT2D eigenvalue weighted by atomic mass is 10.0. The lowest BCUT2D eigenvalue weighted by Crippen LogP contribution is -2.01. The summed E-state index contributed by atoms with van der Waals surface area (Å²) in [5.41, 5.74) is 5.10. The highest BCUT2D eigenvalue weighted by Gasteiger charge is 2.12. The number of pyridine rings is 1. The van der Waals surface area contributed by atoms with Crippen molar-refractivity contribution in [2.45, 2.75) is 26.8 Å². The summed E-state index contributed by atoms with van der Waals surface area (Å²) in [7, 11) is 3.28. The van der Waals surface area contributed by atoms with E-state index in [1.165, 1.54) is 0 Å². The highest BCUT2D eigenvalue weighted by atomic mass is 16.5. The number of benzene rings is 1. The van der Waals surface area contributed by atoms with Gasteiger partial charge in [-0.1, -0.05) is 19.9 Å². The number of ether oxygens (including phenoxy) is 2. The van der Waals surface area contributed by atoms with Crippen LogP contribution in [0.3, 0.4) is 0 Å². The van der Waals surface area contributed by atoms with E-state index in [9.17, 15) is 0 Å². The molecule has 4 rings (SSSR count). The molecule has 4 aromatic rings. The molecule has 3 aromatic heterocycles. The summed E-state index contributed by atoms with van der Waals surface area (Å²) in [6.07, 6.45) is 9.01. The monoisotopic (exact) mass is 390 g/mol. The van der Waals surface area contributed by atoms with Gasteiger partial charge in [-0.3, -0.25) is 4.68 Å². The largest absolute Gasteiger partial charge is 0.493 e. The van der Waals surface area contributed by atoms with Crippen LogP contribution in [-0.4, -0.2) is 34.0 Å². The first kappa shape index (κ1) is 19.1. The molecule has 3 heterocycles. The maximum atomic E-state index is 5.44. The molecule has 6 nitrogen and oxygen atoms in total. The van der Waals surface area contributed by atoms with E-state index in [0.717, 1.165) is 46.3 Å². The molecule has 0 fully saturated rings. The number of aromatic amines is 1. The van der Waals surface area contributed by atoms with Gasteiger partial charge in [-0.05, 0) is 36.1 Å². The summed E-state index contributed by atoms with van der Waals surface area (Å²) >= 11 is 0. The number of nitrogens with one attached hydrogen (secondary N) is 1. The first-order chi connectivity index (χ1) is 14.1. The fourth-order valence-electron chi connectivity index (χ4n) is 3.43. The second-order valence-corrected chi connectivity index (χ2v) is 7.57. The normalized spacial score (nSPS) is 11.3. The van der Waals surface area contributed by atoms with Crippen molar-refractivity contribution in [3.05, 3.63) is 49.1 Å². The number of methoxy groups -OCH3 is 2. The molecule has 6 heteroatoms. The zero-order valence-corrected chi connectivity index (χ0v) is 17.3. The predicted octanol–water partition coefficient (Wildman–Crippen LogP) is 5.16. The highest BCUT2D eigenvalue weighted by molar-refractivity contribution is 5.95. The number of fused-ring (bicyclic) bond motifs is 1. The van der Waals surface area contributed by atoms with Crippen LogP contribution in [0, 0.1) is 5.92 Å². The molecule has 0 amide bonds. The van der Waals surface area contributed by atoms with E-state index in [0.29, 0.717) is 17.4 Å². The molecule has 0 aliphatic heterocycles. The molecular weight excluding hydrogens is 364 g/mol. The van der Waals surface area contributed by atoms with Crippen molar-refractivity contribution >= 4 is 11.0 Å². The Bertz CT molecular complexity index is 1130. The van der Waals surface area contributed by atoms with Crippen molar-refractivity contribution in [2.24, 2.45) is 5.92 Å². The maximum Gasteiger partial charge on any atom is 0.161 e. The van der Waals surface area contributed by atoms with Gasteiger partial charge in [0.15, 0.2) is 11.5 Å². The molecule has 1 N–H and O–H groups in total. The molecule has 0 saturated heterocycles. The van der Waals surface area contributed by atoms with E-state index in [-0.39, 0.29) is 0 Å². The molecule has 0 radical (unpaired) electrons. The number of H-pyrrole nitrogens is 1. The van der Waals surface area contributed by atoms with Gasteiger partial charge in [-0.2, -0.15) is 5.10 Å². The van der Waals surface area contributed by atoms with Crippen molar-refractivity contribution in [1.29, 1.82) is 0 Å². The number of hydrogen-bond donors (Lipinski definition) is 1. The van der Waals surface area contributed by atoms with Crippen molar-refractivity contribution in [2.75, 3.05) is 14.2 Å². The number of aromatic nitrogens is 4. The van der Waals surface area contributed by atoms with E-state index in [2.05, 4.69) is 41.2 Å². The van der Waals surface area contributed by atoms with Gasteiger partial charge in [0.1, 0.15) is 5.65 Å². The average molecular weight is 390 g/mol. The molecule has 0 unspecified atom stereocenters. The van der Waals surface area contributed by atoms with Crippen LogP contribution in [0.25, 0.3) is 33.3 Å². The number of nitrogens with zero attached hydrogens (tertiary/aromatic N) is 3. The van der Waals surface area contributed by atoms with Gasteiger partial charge in [-0.15, -0.1) is 0 Å². The molecular formula is C23H26N4O2. The minimum absolute atomic E-state index is 0.656.